The van der Waals surface area contributed by atoms with E-state index in [4.69, 9.17) is 17.0 Å². The molecule has 0 saturated carbocycles. The van der Waals surface area contributed by atoms with E-state index in [0.29, 0.717) is 27.3 Å². The maximum absolute atomic E-state index is 13.0. The number of amides is 1. The minimum absolute atomic E-state index is 0.0961. The van der Waals surface area contributed by atoms with Crippen molar-refractivity contribution in [3.63, 3.8) is 0 Å². The Hall–Kier alpha value is -3.42. The number of hydrogen-bond donors (Lipinski definition) is 1. The molecule has 1 amide bonds. The predicted molar refractivity (Wildman–Crippen MR) is 126 cm³/mol. The highest BCUT2D eigenvalue weighted by atomic mass is 32.2. The second kappa shape index (κ2) is 9.16. The van der Waals surface area contributed by atoms with Crippen LogP contribution in [-0.2, 0) is 11.4 Å². The summed E-state index contributed by atoms with van der Waals surface area (Å²) in [7, 11) is 0. The first-order valence-electron chi connectivity index (χ1n) is 9.39. The Morgan fingerprint density at radius 1 is 1.03 bits per heavy atom. The number of carbonyl (C=O) groups is 2. The molecule has 3 aromatic rings. The van der Waals surface area contributed by atoms with Crippen molar-refractivity contribution in [1.82, 2.24) is 0 Å². The standard InChI is InChI=1S/C24H17NO4S2/c26-22-21(31-24(30)25(22)19-10-5-9-18(14-19)23(27)28)13-17-8-4-11-20(12-17)29-15-16-6-2-1-3-7-16/h1-14H,15H2,(H,27,28)/b21-13-. The molecule has 1 saturated heterocycles. The molecule has 1 aliphatic heterocycles. The third-order valence-electron chi connectivity index (χ3n) is 4.55. The number of thiocarbonyl (C=S) groups is 1. The Kier molecular flexibility index (Phi) is 6.16. The summed E-state index contributed by atoms with van der Waals surface area (Å²) in [4.78, 5) is 26.0. The van der Waals surface area contributed by atoms with Gasteiger partial charge >= 0.3 is 5.97 Å². The molecule has 5 nitrogen and oxygen atoms in total. The fourth-order valence-electron chi connectivity index (χ4n) is 3.05. The fraction of sp³-hybridized carbons (Fsp3) is 0.0417. The van der Waals surface area contributed by atoms with E-state index >= 15 is 0 Å². The number of benzene rings is 3. The first kappa shape index (κ1) is 20.8. The number of nitrogens with zero attached hydrogens (tertiary/aromatic N) is 1. The van der Waals surface area contributed by atoms with Gasteiger partial charge in [-0.15, -0.1) is 0 Å². The smallest absolute Gasteiger partial charge is 0.335 e. The van der Waals surface area contributed by atoms with Crippen LogP contribution in [0.3, 0.4) is 0 Å². The van der Waals surface area contributed by atoms with Crippen molar-refractivity contribution in [2.75, 3.05) is 4.90 Å². The number of aromatic carboxylic acids is 1. The van der Waals surface area contributed by atoms with Crippen molar-refractivity contribution >= 4 is 51.9 Å². The molecular weight excluding hydrogens is 430 g/mol. The Balaban J connectivity index is 1.53. The van der Waals surface area contributed by atoms with Gasteiger partial charge in [0, 0.05) is 0 Å². The molecule has 1 heterocycles. The first-order valence-corrected chi connectivity index (χ1v) is 10.6. The largest absolute Gasteiger partial charge is 0.489 e. The number of carboxylic acid groups (broad SMARTS) is 1. The number of rotatable bonds is 6. The molecule has 1 N–H and O–H groups in total. The topological polar surface area (TPSA) is 66.8 Å². The second-order valence-electron chi connectivity index (χ2n) is 6.72. The summed E-state index contributed by atoms with van der Waals surface area (Å²) in [6.07, 6.45) is 1.76. The highest BCUT2D eigenvalue weighted by Crippen LogP contribution is 2.36. The zero-order valence-electron chi connectivity index (χ0n) is 16.2. The average Bonchev–Trinajstić information content (AvgIpc) is 3.06. The molecule has 0 aliphatic carbocycles. The Morgan fingerprint density at radius 3 is 2.58 bits per heavy atom. The van der Waals surface area contributed by atoms with Crippen LogP contribution < -0.4 is 9.64 Å². The van der Waals surface area contributed by atoms with Crippen LogP contribution in [0.25, 0.3) is 6.08 Å². The highest BCUT2D eigenvalue weighted by Gasteiger charge is 2.33. The minimum atomic E-state index is -1.06. The summed E-state index contributed by atoms with van der Waals surface area (Å²) in [6, 6.07) is 23.5. The lowest BCUT2D eigenvalue weighted by Gasteiger charge is -2.14. The van der Waals surface area contributed by atoms with Gasteiger partial charge in [0.25, 0.3) is 5.91 Å². The van der Waals surface area contributed by atoms with Crippen LogP contribution >= 0.6 is 24.0 Å². The predicted octanol–water partition coefficient (Wildman–Crippen LogP) is 5.37. The van der Waals surface area contributed by atoms with Crippen LogP contribution in [0, 0.1) is 0 Å². The number of carbonyl (C=O) groups excluding carboxylic acids is 1. The second-order valence-corrected chi connectivity index (χ2v) is 8.40. The van der Waals surface area contributed by atoms with Crippen LogP contribution in [0.15, 0.2) is 83.8 Å². The molecule has 154 valence electrons. The number of ether oxygens (including phenoxy) is 1. The van der Waals surface area contributed by atoms with E-state index in [2.05, 4.69) is 0 Å². The van der Waals surface area contributed by atoms with Gasteiger partial charge in [-0.2, -0.15) is 0 Å². The summed E-state index contributed by atoms with van der Waals surface area (Å²) in [5, 5.41) is 9.21. The average molecular weight is 448 g/mol. The van der Waals surface area contributed by atoms with Gasteiger partial charge in [0.1, 0.15) is 12.4 Å². The number of thioether (sulfide) groups is 1. The summed E-state index contributed by atoms with van der Waals surface area (Å²) < 4.78 is 6.22. The SMILES string of the molecule is O=C(O)c1cccc(N2C(=O)/C(=C/c3cccc(OCc4ccccc4)c3)SC2=S)c1. The Labute approximate surface area is 189 Å². The zero-order chi connectivity index (χ0) is 21.8. The van der Waals surface area contributed by atoms with Crippen LogP contribution in [-0.4, -0.2) is 21.3 Å². The van der Waals surface area contributed by atoms with Crippen LogP contribution in [0.5, 0.6) is 5.75 Å². The monoisotopic (exact) mass is 447 g/mol. The lowest BCUT2D eigenvalue weighted by molar-refractivity contribution is -0.113. The molecule has 7 heteroatoms. The molecule has 0 aromatic heterocycles. The van der Waals surface area contributed by atoms with E-state index in [1.165, 1.54) is 28.8 Å². The van der Waals surface area contributed by atoms with Crippen LogP contribution in [0.1, 0.15) is 21.5 Å². The van der Waals surface area contributed by atoms with Crippen molar-refractivity contribution in [3.8, 4) is 5.75 Å². The molecule has 31 heavy (non-hydrogen) atoms. The Morgan fingerprint density at radius 2 is 1.81 bits per heavy atom. The van der Waals surface area contributed by atoms with E-state index in [-0.39, 0.29) is 11.5 Å². The number of anilines is 1. The molecule has 0 bridgehead atoms. The van der Waals surface area contributed by atoms with Gasteiger partial charge < -0.3 is 9.84 Å². The third kappa shape index (κ3) is 4.84. The summed E-state index contributed by atoms with van der Waals surface area (Å²) in [5.74, 6) is -0.648. The normalized spacial score (nSPS) is 14.8. The lowest BCUT2D eigenvalue weighted by Crippen LogP contribution is -2.27. The maximum Gasteiger partial charge on any atom is 0.335 e. The molecule has 0 atom stereocenters. The molecule has 1 fully saturated rings. The molecule has 3 aromatic carbocycles. The molecule has 0 unspecified atom stereocenters. The minimum Gasteiger partial charge on any atom is -0.489 e. The van der Waals surface area contributed by atoms with Gasteiger partial charge in [-0.1, -0.05) is 72.5 Å². The van der Waals surface area contributed by atoms with Gasteiger partial charge in [-0.25, -0.2) is 4.79 Å². The fourth-order valence-corrected chi connectivity index (χ4v) is 4.35. The van der Waals surface area contributed by atoms with Gasteiger partial charge in [0.05, 0.1) is 16.2 Å². The molecule has 0 radical (unpaired) electrons. The van der Waals surface area contributed by atoms with E-state index in [0.717, 1.165) is 11.1 Å². The van der Waals surface area contributed by atoms with Gasteiger partial charge in [-0.3, -0.25) is 9.69 Å². The van der Waals surface area contributed by atoms with Crippen molar-refractivity contribution < 1.29 is 19.4 Å². The van der Waals surface area contributed by atoms with E-state index in [9.17, 15) is 14.7 Å². The molecule has 1 aliphatic rings. The maximum atomic E-state index is 13.0. The van der Waals surface area contributed by atoms with Gasteiger partial charge in [-0.05, 0) is 47.5 Å². The summed E-state index contributed by atoms with van der Waals surface area (Å²) >= 11 is 6.56. The first-order chi connectivity index (χ1) is 15.0. The molecule has 0 spiro atoms. The van der Waals surface area contributed by atoms with Crippen molar-refractivity contribution in [3.05, 3.63) is 100 Å². The number of carboxylic acids is 1. The molecular formula is C24H17NO4S2. The zero-order valence-corrected chi connectivity index (χ0v) is 17.9. The highest BCUT2D eigenvalue weighted by molar-refractivity contribution is 8.27. The quantitative estimate of drug-likeness (QED) is 0.405. The van der Waals surface area contributed by atoms with E-state index < -0.39 is 5.97 Å². The summed E-state index contributed by atoms with van der Waals surface area (Å²) in [5.41, 5.74) is 2.41. The van der Waals surface area contributed by atoms with Gasteiger partial charge in [0.15, 0.2) is 4.32 Å². The lowest BCUT2D eigenvalue weighted by atomic mass is 10.1. The number of hydrogen-bond acceptors (Lipinski definition) is 5. The Bertz CT molecular complexity index is 1190. The van der Waals surface area contributed by atoms with E-state index in [1.54, 1.807) is 18.2 Å². The third-order valence-corrected chi connectivity index (χ3v) is 5.85. The van der Waals surface area contributed by atoms with Gasteiger partial charge in [0.2, 0.25) is 0 Å². The van der Waals surface area contributed by atoms with E-state index in [1.807, 2.05) is 54.6 Å². The van der Waals surface area contributed by atoms with Crippen LogP contribution in [0.2, 0.25) is 0 Å². The van der Waals surface area contributed by atoms with Crippen molar-refractivity contribution in [2.45, 2.75) is 6.61 Å². The summed E-state index contributed by atoms with van der Waals surface area (Å²) in [6.45, 7) is 0.451. The van der Waals surface area contributed by atoms with Crippen molar-refractivity contribution in [2.24, 2.45) is 0 Å². The van der Waals surface area contributed by atoms with Crippen molar-refractivity contribution in [1.29, 1.82) is 0 Å². The molecule has 4 rings (SSSR count). The van der Waals surface area contributed by atoms with Crippen LogP contribution in [0.4, 0.5) is 5.69 Å².